The van der Waals surface area contributed by atoms with Crippen molar-refractivity contribution in [2.24, 2.45) is 0 Å². The molecule has 0 aromatic rings. The van der Waals surface area contributed by atoms with E-state index in [9.17, 15) is 0 Å². The van der Waals surface area contributed by atoms with Gasteiger partial charge in [-0.15, -0.1) is 6.58 Å². The van der Waals surface area contributed by atoms with E-state index in [0.717, 1.165) is 19.4 Å². The molecule has 0 fully saturated rings. The van der Waals surface area contributed by atoms with Crippen LogP contribution in [0.2, 0.25) is 25.7 Å². The lowest BCUT2D eigenvalue weighted by atomic mass is 10.2. The summed E-state index contributed by atoms with van der Waals surface area (Å²) in [6.07, 6.45) is 4.43. The maximum atomic E-state index is 5.77. The molecule has 0 aliphatic heterocycles. The molecule has 0 aromatic carbocycles. The van der Waals surface area contributed by atoms with Crippen LogP contribution < -0.4 is 0 Å². The van der Waals surface area contributed by atoms with Crippen molar-refractivity contribution in [1.29, 1.82) is 0 Å². The van der Waals surface area contributed by atoms with Crippen LogP contribution >= 0.6 is 0 Å². The third-order valence-corrected chi connectivity index (χ3v) is 3.79. The quantitative estimate of drug-likeness (QED) is 0.450. The fraction of sp³-hybridized carbons (Fsp3) is 0.818. The highest BCUT2D eigenvalue weighted by molar-refractivity contribution is 6.76. The van der Waals surface area contributed by atoms with Crippen molar-refractivity contribution in [3.8, 4) is 0 Å². The maximum Gasteiger partial charge on any atom is 0.0606 e. The molecule has 0 saturated carbocycles. The zero-order valence-corrected chi connectivity index (χ0v) is 10.6. The average Bonchev–Trinajstić information content (AvgIpc) is 2.01. The number of hydrogen-bond acceptors (Lipinski definition) is 1. The second kappa shape index (κ2) is 6.38. The van der Waals surface area contributed by atoms with Crippen LogP contribution in [0, 0.1) is 0 Å². The first-order valence-electron chi connectivity index (χ1n) is 5.22. The van der Waals surface area contributed by atoms with Gasteiger partial charge in [0.05, 0.1) is 6.10 Å². The highest BCUT2D eigenvalue weighted by Crippen LogP contribution is 2.11. The summed E-state index contributed by atoms with van der Waals surface area (Å²) in [5.41, 5.74) is 0. The third-order valence-electron chi connectivity index (χ3n) is 2.09. The minimum absolute atomic E-state index is 0.397. The van der Waals surface area contributed by atoms with Crippen LogP contribution in [0.4, 0.5) is 0 Å². The summed E-state index contributed by atoms with van der Waals surface area (Å²) in [7, 11) is -0.911. The molecule has 0 aliphatic carbocycles. The first-order valence-corrected chi connectivity index (χ1v) is 8.93. The van der Waals surface area contributed by atoms with E-state index < -0.39 is 8.07 Å². The summed E-state index contributed by atoms with van der Waals surface area (Å²) in [6.45, 7) is 14.0. The largest absolute Gasteiger partial charge is 0.378 e. The second-order valence-electron chi connectivity index (χ2n) is 4.74. The van der Waals surface area contributed by atoms with Gasteiger partial charge in [0.15, 0.2) is 0 Å². The first-order chi connectivity index (χ1) is 5.99. The Labute approximate surface area is 84.2 Å². The van der Waals surface area contributed by atoms with Gasteiger partial charge in [0.1, 0.15) is 0 Å². The van der Waals surface area contributed by atoms with Gasteiger partial charge in [0.25, 0.3) is 0 Å². The Bertz CT molecular complexity index is 138. The molecule has 0 amide bonds. The molecule has 0 heterocycles. The summed E-state index contributed by atoms with van der Waals surface area (Å²) in [5, 5.41) is 0. The topological polar surface area (TPSA) is 9.23 Å². The molecule has 78 valence electrons. The molecular formula is C11H24OSi. The van der Waals surface area contributed by atoms with E-state index in [2.05, 4.69) is 33.1 Å². The Kier molecular flexibility index (Phi) is 6.34. The lowest BCUT2D eigenvalue weighted by molar-refractivity contribution is 0.0621. The summed E-state index contributed by atoms with van der Waals surface area (Å²) < 4.78 is 5.77. The fourth-order valence-electron chi connectivity index (χ4n) is 1.07. The third kappa shape index (κ3) is 8.25. The first kappa shape index (κ1) is 12.9. The SMILES string of the molecule is C=CC[C@H](CC)OCC[Si](C)(C)C. The summed E-state index contributed by atoms with van der Waals surface area (Å²) in [6, 6.07) is 1.26. The van der Waals surface area contributed by atoms with Crippen LogP contribution in [0.1, 0.15) is 19.8 Å². The minimum Gasteiger partial charge on any atom is -0.378 e. The van der Waals surface area contributed by atoms with Crippen molar-refractivity contribution in [3.05, 3.63) is 12.7 Å². The highest BCUT2D eigenvalue weighted by Gasteiger charge is 2.13. The molecule has 2 heteroatoms. The van der Waals surface area contributed by atoms with Gasteiger partial charge >= 0.3 is 0 Å². The summed E-state index contributed by atoms with van der Waals surface area (Å²) in [4.78, 5) is 0. The number of rotatable bonds is 7. The zero-order valence-electron chi connectivity index (χ0n) is 9.60. The van der Waals surface area contributed by atoms with Crippen LogP contribution in [0.25, 0.3) is 0 Å². The van der Waals surface area contributed by atoms with Gasteiger partial charge in [-0.2, -0.15) is 0 Å². The van der Waals surface area contributed by atoms with Crippen molar-refractivity contribution >= 4 is 8.07 Å². The molecule has 0 aliphatic rings. The van der Waals surface area contributed by atoms with Gasteiger partial charge in [-0.1, -0.05) is 32.6 Å². The van der Waals surface area contributed by atoms with E-state index in [0.29, 0.717) is 6.10 Å². The van der Waals surface area contributed by atoms with Crippen molar-refractivity contribution in [3.63, 3.8) is 0 Å². The Morgan fingerprint density at radius 3 is 2.38 bits per heavy atom. The van der Waals surface area contributed by atoms with Crippen LogP contribution in [0.3, 0.4) is 0 Å². The van der Waals surface area contributed by atoms with Crippen molar-refractivity contribution in [1.82, 2.24) is 0 Å². The molecule has 0 aromatic heterocycles. The molecule has 0 N–H and O–H groups in total. The Hall–Kier alpha value is -0.0831. The van der Waals surface area contributed by atoms with E-state index in [-0.39, 0.29) is 0 Å². The van der Waals surface area contributed by atoms with Crippen LogP contribution in [-0.2, 0) is 4.74 Å². The molecule has 0 radical (unpaired) electrons. The molecule has 1 nitrogen and oxygen atoms in total. The fourth-order valence-corrected chi connectivity index (χ4v) is 1.80. The predicted octanol–water partition coefficient (Wildman–Crippen LogP) is 3.70. The number of ether oxygens (including phenoxy) is 1. The second-order valence-corrected chi connectivity index (χ2v) is 10.4. The molecule has 0 saturated heterocycles. The molecular weight excluding hydrogens is 176 g/mol. The molecule has 0 bridgehead atoms. The Morgan fingerprint density at radius 2 is 2.00 bits per heavy atom. The smallest absolute Gasteiger partial charge is 0.0606 e. The average molecular weight is 200 g/mol. The van der Waals surface area contributed by atoms with Crippen LogP contribution in [0.5, 0.6) is 0 Å². The van der Waals surface area contributed by atoms with Crippen molar-refractivity contribution in [2.45, 2.75) is 51.6 Å². The van der Waals surface area contributed by atoms with Gasteiger partial charge in [-0.3, -0.25) is 0 Å². The van der Waals surface area contributed by atoms with E-state index >= 15 is 0 Å². The standard InChI is InChI=1S/C11H24OSi/c1-6-8-11(7-2)12-9-10-13(3,4)5/h6,11H,1,7-10H2,2-5H3/t11-/m0/s1. The minimum atomic E-state index is -0.911. The lowest BCUT2D eigenvalue weighted by Gasteiger charge is -2.19. The van der Waals surface area contributed by atoms with E-state index in [4.69, 9.17) is 4.74 Å². The van der Waals surface area contributed by atoms with Gasteiger partial charge in [0.2, 0.25) is 0 Å². The molecule has 13 heavy (non-hydrogen) atoms. The number of hydrogen-bond donors (Lipinski definition) is 0. The van der Waals surface area contributed by atoms with E-state index in [1.807, 2.05) is 6.08 Å². The van der Waals surface area contributed by atoms with E-state index in [1.165, 1.54) is 6.04 Å². The zero-order chi connectivity index (χ0) is 10.3. The van der Waals surface area contributed by atoms with Gasteiger partial charge < -0.3 is 4.74 Å². The lowest BCUT2D eigenvalue weighted by Crippen LogP contribution is -2.23. The van der Waals surface area contributed by atoms with Gasteiger partial charge in [-0.25, -0.2) is 0 Å². The molecule has 0 rings (SSSR count). The highest BCUT2D eigenvalue weighted by atomic mass is 28.3. The van der Waals surface area contributed by atoms with Crippen molar-refractivity contribution in [2.75, 3.05) is 6.61 Å². The van der Waals surface area contributed by atoms with Gasteiger partial charge in [0, 0.05) is 14.7 Å². The summed E-state index contributed by atoms with van der Waals surface area (Å²) in [5.74, 6) is 0. The normalized spacial score (nSPS) is 14.2. The molecule has 1 atom stereocenters. The van der Waals surface area contributed by atoms with Crippen LogP contribution in [-0.4, -0.2) is 20.8 Å². The Morgan fingerprint density at radius 1 is 1.38 bits per heavy atom. The predicted molar refractivity (Wildman–Crippen MR) is 63.0 cm³/mol. The maximum absolute atomic E-state index is 5.77. The van der Waals surface area contributed by atoms with Crippen molar-refractivity contribution < 1.29 is 4.74 Å². The monoisotopic (exact) mass is 200 g/mol. The summed E-state index contributed by atoms with van der Waals surface area (Å²) >= 11 is 0. The Balaban J connectivity index is 3.54. The molecule has 0 unspecified atom stereocenters. The van der Waals surface area contributed by atoms with Gasteiger partial charge in [-0.05, 0) is 18.9 Å². The van der Waals surface area contributed by atoms with E-state index in [1.54, 1.807) is 0 Å². The van der Waals surface area contributed by atoms with Crippen LogP contribution in [0.15, 0.2) is 12.7 Å². The molecule has 0 spiro atoms.